The van der Waals surface area contributed by atoms with Gasteiger partial charge in [0.05, 0.1) is 11.8 Å². The molecule has 0 amide bonds. The lowest BCUT2D eigenvalue weighted by atomic mass is 9.95. The monoisotopic (exact) mass is 197 g/mol. The lowest BCUT2D eigenvalue weighted by Gasteiger charge is -2.15. The number of hydrogen-bond acceptors (Lipinski definition) is 4. The summed E-state index contributed by atoms with van der Waals surface area (Å²) in [6, 6.07) is 0. The maximum Gasteiger partial charge on any atom is 0.434 e. The predicted molar refractivity (Wildman–Crippen MR) is 48.1 cm³/mol. The highest BCUT2D eigenvalue weighted by Crippen LogP contribution is 2.25. The normalized spacial score (nSPS) is 20.5. The number of carbonyl (C=O) groups is 1. The van der Waals surface area contributed by atoms with Crippen molar-refractivity contribution in [3.8, 4) is 0 Å². The van der Waals surface area contributed by atoms with Crippen molar-refractivity contribution < 1.29 is 15.0 Å². The molecule has 1 atom stereocenters. The number of aromatic nitrogens is 2. The number of fused-ring (bicyclic) bond motifs is 1. The molecule has 0 bridgehead atoms. The minimum atomic E-state index is -1.19. The Hall–Kier alpha value is -1.56. The van der Waals surface area contributed by atoms with E-state index in [9.17, 15) is 9.90 Å². The highest BCUT2D eigenvalue weighted by atomic mass is 16.4. The molecule has 1 unspecified atom stereocenters. The Kier molecular flexibility index (Phi) is 1.92. The van der Waals surface area contributed by atoms with Gasteiger partial charge in [0.15, 0.2) is 0 Å². The van der Waals surface area contributed by atoms with Gasteiger partial charge in [-0.15, -0.1) is 4.68 Å². The number of rotatable bonds is 0. The third-order valence-corrected chi connectivity index (χ3v) is 2.44. The van der Waals surface area contributed by atoms with E-state index in [0.29, 0.717) is 30.5 Å². The summed E-state index contributed by atoms with van der Waals surface area (Å²) in [6.07, 6.45) is -0.0268. The zero-order chi connectivity index (χ0) is 10.3. The lowest BCUT2D eigenvalue weighted by molar-refractivity contribution is 0.158. The molecular weight excluding hydrogens is 186 g/mol. The van der Waals surface area contributed by atoms with Crippen LogP contribution in [0.5, 0.6) is 0 Å². The summed E-state index contributed by atoms with van der Waals surface area (Å²) in [7, 11) is 0. The Labute approximate surface area is 79.9 Å². The molecule has 0 aromatic carbocycles. The fourth-order valence-corrected chi connectivity index (χ4v) is 1.72. The molecule has 1 heterocycles. The van der Waals surface area contributed by atoms with E-state index in [1.54, 1.807) is 0 Å². The van der Waals surface area contributed by atoms with Gasteiger partial charge >= 0.3 is 6.09 Å². The highest BCUT2D eigenvalue weighted by Gasteiger charge is 2.25. The van der Waals surface area contributed by atoms with Crippen molar-refractivity contribution >= 4 is 11.9 Å². The SMILES string of the molecule is Nc1c2c(nn1C(=O)O)CCC(O)C2. The zero-order valence-corrected chi connectivity index (χ0v) is 7.47. The molecule has 0 fully saturated rings. The van der Waals surface area contributed by atoms with Gasteiger partial charge < -0.3 is 15.9 Å². The molecule has 4 N–H and O–H groups in total. The van der Waals surface area contributed by atoms with Gasteiger partial charge in [0.2, 0.25) is 0 Å². The average Bonchev–Trinajstić information content (AvgIpc) is 2.44. The van der Waals surface area contributed by atoms with Gasteiger partial charge in [-0.05, 0) is 12.8 Å². The van der Waals surface area contributed by atoms with E-state index in [4.69, 9.17) is 10.8 Å². The van der Waals surface area contributed by atoms with Crippen LogP contribution in [0, 0.1) is 0 Å². The molecule has 6 nitrogen and oxygen atoms in total. The molecule has 2 rings (SSSR count). The van der Waals surface area contributed by atoms with Gasteiger partial charge in [0.25, 0.3) is 0 Å². The van der Waals surface area contributed by atoms with Crippen LogP contribution in [0.25, 0.3) is 0 Å². The van der Waals surface area contributed by atoms with Crippen molar-refractivity contribution in [2.45, 2.75) is 25.4 Å². The molecule has 0 radical (unpaired) electrons. The lowest BCUT2D eigenvalue weighted by Crippen LogP contribution is -2.18. The standard InChI is InChI=1S/C8H11N3O3/c9-7-5-3-4(12)1-2-6(5)10-11(7)8(13)14/h4,12H,1-3,9H2,(H,13,14). The van der Waals surface area contributed by atoms with Crippen molar-refractivity contribution in [2.75, 3.05) is 5.73 Å². The van der Waals surface area contributed by atoms with Crippen molar-refractivity contribution in [3.63, 3.8) is 0 Å². The first-order chi connectivity index (χ1) is 6.59. The summed E-state index contributed by atoms with van der Waals surface area (Å²) in [4.78, 5) is 10.7. The van der Waals surface area contributed by atoms with Crippen LogP contribution in [0.3, 0.4) is 0 Å². The minimum absolute atomic E-state index is 0.131. The second kappa shape index (κ2) is 2.98. The summed E-state index contributed by atoms with van der Waals surface area (Å²) < 4.78 is 0.767. The number of aliphatic hydroxyl groups is 1. The van der Waals surface area contributed by atoms with E-state index in [2.05, 4.69) is 5.10 Å². The Balaban J connectivity index is 2.46. The van der Waals surface area contributed by atoms with E-state index < -0.39 is 12.2 Å². The topological polar surface area (TPSA) is 101 Å². The molecule has 14 heavy (non-hydrogen) atoms. The Morgan fingerprint density at radius 3 is 3.00 bits per heavy atom. The second-order valence-electron chi connectivity index (χ2n) is 3.40. The van der Waals surface area contributed by atoms with Crippen LogP contribution >= 0.6 is 0 Å². The van der Waals surface area contributed by atoms with Crippen LogP contribution in [-0.2, 0) is 12.8 Å². The summed E-state index contributed by atoms with van der Waals surface area (Å²) in [5.74, 6) is 0.131. The first kappa shape index (κ1) is 9.01. The van der Waals surface area contributed by atoms with Crippen LogP contribution in [0.2, 0.25) is 0 Å². The van der Waals surface area contributed by atoms with Crippen molar-refractivity contribution in [2.24, 2.45) is 0 Å². The highest BCUT2D eigenvalue weighted by molar-refractivity contribution is 5.72. The van der Waals surface area contributed by atoms with E-state index >= 15 is 0 Å². The van der Waals surface area contributed by atoms with Gasteiger partial charge in [-0.2, -0.15) is 5.10 Å². The van der Waals surface area contributed by atoms with Crippen LogP contribution in [0.15, 0.2) is 0 Å². The number of carboxylic acid groups (broad SMARTS) is 1. The maximum atomic E-state index is 10.7. The summed E-state index contributed by atoms with van der Waals surface area (Å²) in [5, 5.41) is 22.0. The molecule has 76 valence electrons. The second-order valence-corrected chi connectivity index (χ2v) is 3.40. The number of aliphatic hydroxyl groups excluding tert-OH is 1. The number of hydrogen-bond donors (Lipinski definition) is 3. The van der Waals surface area contributed by atoms with Gasteiger partial charge in [0.1, 0.15) is 5.82 Å². The van der Waals surface area contributed by atoms with Gasteiger partial charge in [-0.25, -0.2) is 4.79 Å². The third-order valence-electron chi connectivity index (χ3n) is 2.44. The molecule has 1 aliphatic carbocycles. The number of nitrogen functional groups attached to an aromatic ring is 1. The zero-order valence-electron chi connectivity index (χ0n) is 7.47. The van der Waals surface area contributed by atoms with Crippen molar-refractivity contribution in [1.82, 2.24) is 9.78 Å². The molecule has 0 aliphatic heterocycles. The van der Waals surface area contributed by atoms with Gasteiger partial charge in [-0.1, -0.05) is 0 Å². The predicted octanol–water partition coefficient (Wildman–Crippen LogP) is -0.159. The Morgan fingerprint density at radius 1 is 1.64 bits per heavy atom. The number of aryl methyl sites for hydroxylation is 1. The summed E-state index contributed by atoms with van der Waals surface area (Å²) >= 11 is 0. The number of nitrogens with two attached hydrogens (primary N) is 1. The van der Waals surface area contributed by atoms with Crippen LogP contribution in [0.4, 0.5) is 10.6 Å². The largest absolute Gasteiger partial charge is 0.463 e. The van der Waals surface area contributed by atoms with Crippen LogP contribution in [-0.4, -0.2) is 32.2 Å². The molecule has 1 aromatic heterocycles. The number of anilines is 1. The van der Waals surface area contributed by atoms with Crippen molar-refractivity contribution in [1.29, 1.82) is 0 Å². The van der Waals surface area contributed by atoms with Gasteiger partial charge in [-0.3, -0.25) is 0 Å². The molecule has 6 heteroatoms. The molecular formula is C8H11N3O3. The quantitative estimate of drug-likeness (QED) is 0.536. The van der Waals surface area contributed by atoms with E-state index in [1.807, 2.05) is 0 Å². The fraction of sp³-hybridized carbons (Fsp3) is 0.500. The van der Waals surface area contributed by atoms with E-state index in [0.717, 1.165) is 4.68 Å². The van der Waals surface area contributed by atoms with E-state index in [-0.39, 0.29) is 5.82 Å². The molecule has 0 saturated carbocycles. The van der Waals surface area contributed by atoms with E-state index in [1.165, 1.54) is 0 Å². The van der Waals surface area contributed by atoms with Crippen LogP contribution in [0.1, 0.15) is 17.7 Å². The van der Waals surface area contributed by atoms with Gasteiger partial charge in [0, 0.05) is 12.0 Å². The minimum Gasteiger partial charge on any atom is -0.463 e. The van der Waals surface area contributed by atoms with Crippen molar-refractivity contribution in [3.05, 3.63) is 11.3 Å². The van der Waals surface area contributed by atoms with Crippen LogP contribution < -0.4 is 5.73 Å². The fourth-order valence-electron chi connectivity index (χ4n) is 1.72. The molecule has 1 aliphatic rings. The smallest absolute Gasteiger partial charge is 0.434 e. The Bertz CT molecular complexity index is 385. The summed E-state index contributed by atoms with van der Waals surface area (Å²) in [5.41, 5.74) is 6.96. The number of nitrogens with zero attached hydrogens (tertiary/aromatic N) is 2. The third kappa shape index (κ3) is 1.24. The molecule has 0 spiro atoms. The first-order valence-electron chi connectivity index (χ1n) is 4.37. The average molecular weight is 197 g/mol. The maximum absolute atomic E-state index is 10.7. The first-order valence-corrected chi connectivity index (χ1v) is 4.37. The molecule has 0 saturated heterocycles. The molecule has 1 aromatic rings. The Morgan fingerprint density at radius 2 is 2.36 bits per heavy atom. The summed E-state index contributed by atoms with van der Waals surface area (Å²) in [6.45, 7) is 0.